The molecule has 0 aliphatic carbocycles. The number of carbonyl (C=O) groups is 3. The van der Waals surface area contributed by atoms with Gasteiger partial charge in [-0.25, -0.2) is 0 Å². The molecule has 0 saturated carbocycles. The molecule has 0 aliphatic rings. The molecule has 0 saturated heterocycles. The second-order valence-electron chi connectivity index (χ2n) is 15.0. The number of esters is 3. The Morgan fingerprint density at radius 2 is 0.746 bits per heavy atom. The monoisotopic (exact) mass is 817 g/mol. The van der Waals surface area contributed by atoms with Crippen molar-refractivity contribution in [3.05, 3.63) is 109 Å². The highest BCUT2D eigenvalue weighted by atomic mass is 16.6. The molecule has 0 N–H and O–H groups in total. The fraction of sp³-hybridized carbons (Fsp3) is 0.604. The molecule has 0 amide bonds. The summed E-state index contributed by atoms with van der Waals surface area (Å²) in [5.74, 6) is -0.993. The Bertz CT molecular complexity index is 1260. The second-order valence-corrected chi connectivity index (χ2v) is 15.0. The van der Waals surface area contributed by atoms with Crippen molar-refractivity contribution >= 4 is 17.9 Å². The molecular weight excluding hydrogens is 733 g/mol. The molecule has 0 bridgehead atoms. The number of hydrogen-bond acceptors (Lipinski definition) is 6. The molecule has 0 rings (SSSR count). The first kappa shape index (κ1) is 55.1. The smallest absolute Gasteiger partial charge is 0.306 e. The Morgan fingerprint density at radius 3 is 1.24 bits per heavy atom. The average Bonchev–Trinajstić information content (AvgIpc) is 3.23. The lowest BCUT2D eigenvalue weighted by Crippen LogP contribution is -2.30. The number of unbranched alkanes of at least 4 members (excludes halogenated alkanes) is 15. The van der Waals surface area contributed by atoms with E-state index < -0.39 is 6.10 Å². The van der Waals surface area contributed by atoms with E-state index in [0.29, 0.717) is 19.3 Å². The molecule has 0 heterocycles. The van der Waals surface area contributed by atoms with E-state index >= 15 is 0 Å². The van der Waals surface area contributed by atoms with Crippen molar-refractivity contribution in [2.45, 2.75) is 194 Å². The van der Waals surface area contributed by atoms with Crippen LogP contribution in [0.15, 0.2) is 109 Å². The van der Waals surface area contributed by atoms with Gasteiger partial charge in [-0.1, -0.05) is 201 Å². The molecule has 6 heteroatoms. The normalized spacial score (nSPS) is 13.1. The summed E-state index contributed by atoms with van der Waals surface area (Å²) in [5.41, 5.74) is 0. The number of allylic oxidation sites excluding steroid dienone is 18. The van der Waals surface area contributed by atoms with Crippen LogP contribution in [0.5, 0.6) is 0 Å². The Kier molecular flexibility index (Phi) is 43.6. The summed E-state index contributed by atoms with van der Waals surface area (Å²) in [4.78, 5) is 37.8. The summed E-state index contributed by atoms with van der Waals surface area (Å²) in [6, 6.07) is 0. The molecule has 6 nitrogen and oxygen atoms in total. The minimum atomic E-state index is -0.812. The van der Waals surface area contributed by atoms with Crippen LogP contribution in [-0.4, -0.2) is 37.2 Å². The van der Waals surface area contributed by atoms with Gasteiger partial charge in [0.05, 0.1) is 0 Å². The Morgan fingerprint density at radius 1 is 0.373 bits per heavy atom. The standard InChI is InChI=1S/C53H84O6/c1-4-7-10-13-16-19-22-24-26-28-29-31-34-37-40-43-46-52(55)58-49-50(48-57-51(54)45-42-39-36-33-21-18-15-12-9-6-3)59-53(56)47-44-41-38-35-32-30-27-25-23-20-17-14-11-8-5-2/h7-8,10-11,14,16-17,19-20,23-27,29-32,50H,4-6,9,12-13,15,18,21-22,28,33-49H2,1-3H3/b10-7-,11-8-,17-14-,19-16-,23-20-,26-24-,27-25-,31-29-,32-30-. The summed E-state index contributed by atoms with van der Waals surface area (Å²) in [5, 5.41) is 0. The molecule has 0 radical (unpaired) electrons. The van der Waals surface area contributed by atoms with Crippen LogP contribution in [0.3, 0.4) is 0 Å². The summed E-state index contributed by atoms with van der Waals surface area (Å²) >= 11 is 0. The Balaban J connectivity index is 4.53. The number of rotatable bonds is 40. The highest BCUT2D eigenvalue weighted by Gasteiger charge is 2.19. The van der Waals surface area contributed by atoms with Gasteiger partial charge in [-0.2, -0.15) is 0 Å². The van der Waals surface area contributed by atoms with E-state index in [9.17, 15) is 14.4 Å². The van der Waals surface area contributed by atoms with Crippen LogP contribution in [0.25, 0.3) is 0 Å². The summed E-state index contributed by atoms with van der Waals surface area (Å²) < 4.78 is 16.7. The van der Waals surface area contributed by atoms with Crippen molar-refractivity contribution in [2.75, 3.05) is 13.2 Å². The van der Waals surface area contributed by atoms with Gasteiger partial charge in [-0.3, -0.25) is 14.4 Å². The van der Waals surface area contributed by atoms with Gasteiger partial charge in [-0.15, -0.1) is 0 Å². The number of carbonyl (C=O) groups excluding carboxylic acids is 3. The van der Waals surface area contributed by atoms with Gasteiger partial charge in [-0.05, 0) is 77.0 Å². The molecule has 332 valence electrons. The summed E-state index contributed by atoms with van der Waals surface area (Å²) in [6.07, 6.45) is 62.1. The predicted octanol–water partition coefficient (Wildman–Crippen LogP) is 15.2. The Hall–Kier alpha value is -3.93. The lowest BCUT2D eigenvalue weighted by molar-refractivity contribution is -0.167. The molecule has 0 fully saturated rings. The number of ether oxygens (including phenoxy) is 3. The fourth-order valence-corrected chi connectivity index (χ4v) is 5.92. The number of hydrogen-bond donors (Lipinski definition) is 0. The van der Waals surface area contributed by atoms with E-state index in [1.807, 2.05) is 48.6 Å². The third-order valence-corrected chi connectivity index (χ3v) is 9.40. The molecule has 0 aromatic carbocycles. The maximum absolute atomic E-state index is 12.7. The summed E-state index contributed by atoms with van der Waals surface area (Å²) in [7, 11) is 0. The fourth-order valence-electron chi connectivity index (χ4n) is 5.92. The van der Waals surface area contributed by atoms with E-state index in [4.69, 9.17) is 14.2 Å². The van der Waals surface area contributed by atoms with Crippen molar-refractivity contribution in [1.82, 2.24) is 0 Å². The van der Waals surface area contributed by atoms with Crippen LogP contribution in [-0.2, 0) is 28.6 Å². The lowest BCUT2D eigenvalue weighted by Gasteiger charge is -2.18. The van der Waals surface area contributed by atoms with Crippen LogP contribution < -0.4 is 0 Å². The summed E-state index contributed by atoms with van der Waals surface area (Å²) in [6.45, 7) is 6.28. The van der Waals surface area contributed by atoms with Crippen molar-refractivity contribution in [2.24, 2.45) is 0 Å². The first-order valence-corrected chi connectivity index (χ1v) is 23.5. The third-order valence-electron chi connectivity index (χ3n) is 9.40. The topological polar surface area (TPSA) is 78.9 Å². The van der Waals surface area contributed by atoms with E-state index in [2.05, 4.69) is 81.5 Å². The zero-order valence-electron chi connectivity index (χ0n) is 37.7. The van der Waals surface area contributed by atoms with Crippen molar-refractivity contribution in [3.63, 3.8) is 0 Å². The van der Waals surface area contributed by atoms with E-state index in [1.54, 1.807) is 0 Å². The van der Waals surface area contributed by atoms with Gasteiger partial charge in [0.2, 0.25) is 0 Å². The van der Waals surface area contributed by atoms with Crippen LogP contribution in [0.4, 0.5) is 0 Å². The average molecular weight is 817 g/mol. The highest BCUT2D eigenvalue weighted by Crippen LogP contribution is 2.13. The molecule has 1 unspecified atom stereocenters. The third kappa shape index (κ3) is 45.0. The van der Waals surface area contributed by atoms with Gasteiger partial charge in [0.1, 0.15) is 13.2 Å². The predicted molar refractivity (Wildman–Crippen MR) is 251 cm³/mol. The van der Waals surface area contributed by atoms with Crippen LogP contribution >= 0.6 is 0 Å². The van der Waals surface area contributed by atoms with Gasteiger partial charge in [0.25, 0.3) is 0 Å². The SMILES string of the molecule is CC\C=C/C=C\C=C/C=C\C=C/CCCCCC(=O)OC(COC(=O)CCCCC/C=C\C/C=C\C/C=C\C/C=C\CC)COC(=O)CCCCCCCCCCCC. The first-order valence-electron chi connectivity index (χ1n) is 23.5. The highest BCUT2D eigenvalue weighted by molar-refractivity contribution is 5.71. The molecule has 0 aromatic heterocycles. The van der Waals surface area contributed by atoms with Crippen molar-refractivity contribution in [3.8, 4) is 0 Å². The van der Waals surface area contributed by atoms with E-state index in [-0.39, 0.29) is 37.5 Å². The van der Waals surface area contributed by atoms with Crippen LogP contribution in [0.2, 0.25) is 0 Å². The zero-order valence-corrected chi connectivity index (χ0v) is 37.7. The maximum atomic E-state index is 12.7. The van der Waals surface area contributed by atoms with Crippen molar-refractivity contribution < 1.29 is 28.6 Å². The van der Waals surface area contributed by atoms with Crippen LogP contribution in [0.1, 0.15) is 188 Å². The van der Waals surface area contributed by atoms with Crippen molar-refractivity contribution in [1.29, 1.82) is 0 Å². The molecule has 0 aromatic rings. The quantitative estimate of drug-likeness (QED) is 0.0201. The van der Waals surface area contributed by atoms with Gasteiger partial charge in [0.15, 0.2) is 6.10 Å². The molecule has 0 spiro atoms. The second kappa shape index (κ2) is 46.8. The van der Waals surface area contributed by atoms with Gasteiger partial charge < -0.3 is 14.2 Å². The van der Waals surface area contributed by atoms with Crippen LogP contribution in [0, 0.1) is 0 Å². The minimum Gasteiger partial charge on any atom is -0.462 e. The molecule has 0 aliphatic heterocycles. The molecule has 59 heavy (non-hydrogen) atoms. The molecular formula is C53H84O6. The maximum Gasteiger partial charge on any atom is 0.306 e. The minimum absolute atomic E-state index is 0.107. The molecule has 1 atom stereocenters. The van der Waals surface area contributed by atoms with Gasteiger partial charge in [0, 0.05) is 19.3 Å². The van der Waals surface area contributed by atoms with Gasteiger partial charge >= 0.3 is 17.9 Å². The van der Waals surface area contributed by atoms with E-state index in [0.717, 1.165) is 96.3 Å². The zero-order chi connectivity index (χ0) is 43.0. The Labute approximate surface area is 361 Å². The largest absolute Gasteiger partial charge is 0.462 e. The lowest BCUT2D eigenvalue weighted by atomic mass is 10.1. The first-order chi connectivity index (χ1) is 29.0. The van der Waals surface area contributed by atoms with E-state index in [1.165, 1.54) is 44.9 Å².